The minimum absolute atomic E-state index is 0.00318. The zero-order valence-electron chi connectivity index (χ0n) is 13.4. The number of aromatic hydroxyl groups is 1. The molecule has 26 heavy (non-hydrogen) atoms. The lowest BCUT2D eigenvalue weighted by atomic mass is 10.0. The van der Waals surface area contributed by atoms with E-state index in [2.05, 4.69) is 36.6 Å². The van der Waals surface area contributed by atoms with Crippen molar-refractivity contribution in [1.82, 2.24) is 20.6 Å². The Hall–Kier alpha value is -3.18. The number of nitrogens with one attached hydrogen (secondary N) is 1. The normalized spacial score (nSPS) is 10.9. The van der Waals surface area contributed by atoms with E-state index in [0.717, 1.165) is 39.4 Å². The highest BCUT2D eigenvalue weighted by Crippen LogP contribution is 2.31. The Kier molecular flexibility index (Phi) is 4.14. The zero-order valence-corrected chi connectivity index (χ0v) is 15.0. The number of rotatable bonds is 4. The molecule has 0 aliphatic rings. The van der Waals surface area contributed by atoms with E-state index in [-0.39, 0.29) is 11.3 Å². The standard InChI is InChI=1S/C18H12BrN5O2/c19-14-6-12-8-17(18-21-23-24-22-18)26-16(12)7-11(14)3-1-10-2-4-15(25)13(5-10)9-20/h2,4-8,25H,1,3H2,(H,21,22,23,24). The monoisotopic (exact) mass is 409 g/mol. The SMILES string of the molecule is N#Cc1cc(CCc2cc3oc(-c4nn[nH]n4)cc3cc2Br)ccc1O. The maximum atomic E-state index is 9.60. The number of tetrazole rings is 1. The third-order valence-corrected chi connectivity index (χ3v) is 4.85. The predicted octanol–water partition coefficient (Wildman–Crippen LogP) is 3.74. The molecule has 4 rings (SSSR count). The number of aromatic nitrogens is 4. The topological polar surface area (TPSA) is 112 Å². The highest BCUT2D eigenvalue weighted by atomic mass is 79.9. The van der Waals surface area contributed by atoms with Crippen LogP contribution in [0.3, 0.4) is 0 Å². The van der Waals surface area contributed by atoms with Gasteiger partial charge in [-0.25, -0.2) is 0 Å². The molecule has 2 aromatic heterocycles. The van der Waals surface area contributed by atoms with Crippen LogP contribution in [-0.4, -0.2) is 25.7 Å². The molecule has 0 spiro atoms. The van der Waals surface area contributed by atoms with Gasteiger partial charge >= 0.3 is 0 Å². The van der Waals surface area contributed by atoms with E-state index >= 15 is 0 Å². The average Bonchev–Trinajstić information content (AvgIpc) is 3.30. The van der Waals surface area contributed by atoms with Crippen molar-refractivity contribution in [1.29, 1.82) is 5.26 Å². The number of halogens is 1. The summed E-state index contributed by atoms with van der Waals surface area (Å²) in [5, 5.41) is 33.4. The highest BCUT2D eigenvalue weighted by Gasteiger charge is 2.13. The Labute approximate surface area is 156 Å². The molecule has 0 fully saturated rings. The van der Waals surface area contributed by atoms with E-state index in [1.807, 2.05) is 30.3 Å². The fourth-order valence-electron chi connectivity index (χ4n) is 2.78. The Balaban J connectivity index is 1.60. The summed E-state index contributed by atoms with van der Waals surface area (Å²) >= 11 is 3.60. The number of H-pyrrole nitrogens is 1. The number of furan rings is 1. The van der Waals surface area contributed by atoms with E-state index in [1.165, 1.54) is 0 Å². The number of nitriles is 1. The second-order valence-corrected chi connectivity index (χ2v) is 6.65. The average molecular weight is 410 g/mol. The number of phenols is 1. The first-order valence-corrected chi connectivity index (χ1v) is 8.61. The van der Waals surface area contributed by atoms with Gasteiger partial charge in [0.15, 0.2) is 5.76 Å². The lowest BCUT2D eigenvalue weighted by Crippen LogP contribution is -1.93. The van der Waals surface area contributed by atoms with Crippen LogP contribution in [0.1, 0.15) is 16.7 Å². The third-order valence-electron chi connectivity index (χ3n) is 4.12. The summed E-state index contributed by atoms with van der Waals surface area (Å²) in [5.41, 5.74) is 3.09. The summed E-state index contributed by atoms with van der Waals surface area (Å²) in [5.74, 6) is 0.963. The fraction of sp³-hybridized carbons (Fsp3) is 0.111. The first-order valence-electron chi connectivity index (χ1n) is 7.82. The molecular formula is C18H12BrN5O2. The van der Waals surface area contributed by atoms with Gasteiger partial charge in [0.05, 0.1) is 5.56 Å². The van der Waals surface area contributed by atoms with Gasteiger partial charge < -0.3 is 9.52 Å². The van der Waals surface area contributed by atoms with Crippen molar-refractivity contribution in [3.8, 4) is 23.4 Å². The van der Waals surface area contributed by atoms with Gasteiger partial charge in [-0.05, 0) is 59.5 Å². The summed E-state index contributed by atoms with van der Waals surface area (Å²) in [7, 11) is 0. The molecule has 128 valence electrons. The molecule has 0 saturated heterocycles. The Morgan fingerprint density at radius 1 is 1.19 bits per heavy atom. The second kappa shape index (κ2) is 6.61. The Morgan fingerprint density at radius 3 is 2.85 bits per heavy atom. The number of phenolic OH excluding ortho intramolecular Hbond substituents is 1. The van der Waals surface area contributed by atoms with Crippen molar-refractivity contribution in [3.63, 3.8) is 0 Å². The molecule has 0 unspecified atom stereocenters. The van der Waals surface area contributed by atoms with Crippen LogP contribution in [0.15, 0.2) is 45.3 Å². The molecule has 0 aliphatic heterocycles. The fourth-order valence-corrected chi connectivity index (χ4v) is 3.34. The van der Waals surface area contributed by atoms with Crippen molar-refractivity contribution in [3.05, 3.63) is 57.6 Å². The smallest absolute Gasteiger partial charge is 0.239 e. The first kappa shape index (κ1) is 16.3. The molecule has 0 bridgehead atoms. The molecule has 2 aromatic carbocycles. The van der Waals surface area contributed by atoms with Crippen LogP contribution < -0.4 is 0 Å². The Morgan fingerprint density at radius 2 is 2.08 bits per heavy atom. The first-order chi connectivity index (χ1) is 12.6. The van der Waals surface area contributed by atoms with Gasteiger partial charge in [-0.3, -0.25) is 0 Å². The van der Waals surface area contributed by atoms with Crippen molar-refractivity contribution in [2.45, 2.75) is 12.8 Å². The molecule has 7 nitrogen and oxygen atoms in total. The molecule has 0 radical (unpaired) electrons. The largest absolute Gasteiger partial charge is 0.507 e. The van der Waals surface area contributed by atoms with Crippen molar-refractivity contribution in [2.24, 2.45) is 0 Å². The third kappa shape index (κ3) is 3.05. The van der Waals surface area contributed by atoms with Gasteiger partial charge in [0.25, 0.3) is 0 Å². The molecular weight excluding hydrogens is 398 g/mol. The number of aromatic amines is 1. The van der Waals surface area contributed by atoms with Crippen molar-refractivity contribution in [2.75, 3.05) is 0 Å². The highest BCUT2D eigenvalue weighted by molar-refractivity contribution is 9.10. The summed E-state index contributed by atoms with van der Waals surface area (Å²) in [6, 6.07) is 12.9. The van der Waals surface area contributed by atoms with Gasteiger partial charge in [-0.15, -0.1) is 10.2 Å². The van der Waals surface area contributed by atoms with Gasteiger partial charge in [0, 0.05) is 9.86 Å². The molecule has 4 aromatic rings. The van der Waals surface area contributed by atoms with Gasteiger partial charge in [0.2, 0.25) is 5.82 Å². The molecule has 0 aliphatic carbocycles. The number of hydrogen-bond acceptors (Lipinski definition) is 6. The number of nitrogens with zero attached hydrogens (tertiary/aromatic N) is 4. The molecule has 0 atom stereocenters. The van der Waals surface area contributed by atoms with E-state index in [4.69, 9.17) is 9.68 Å². The van der Waals surface area contributed by atoms with Crippen LogP contribution in [-0.2, 0) is 12.8 Å². The molecule has 8 heteroatoms. The minimum atomic E-state index is 0.00318. The van der Waals surface area contributed by atoms with E-state index in [1.54, 1.807) is 12.1 Å². The van der Waals surface area contributed by atoms with Crippen LogP contribution in [0, 0.1) is 11.3 Å². The van der Waals surface area contributed by atoms with Crippen LogP contribution in [0.25, 0.3) is 22.6 Å². The number of aryl methyl sites for hydroxylation is 2. The van der Waals surface area contributed by atoms with E-state index in [9.17, 15) is 5.11 Å². The van der Waals surface area contributed by atoms with Gasteiger partial charge in [0.1, 0.15) is 17.4 Å². The van der Waals surface area contributed by atoms with Crippen LogP contribution in [0.4, 0.5) is 0 Å². The van der Waals surface area contributed by atoms with Crippen LogP contribution in [0.2, 0.25) is 0 Å². The summed E-state index contributed by atoms with van der Waals surface area (Å²) < 4.78 is 6.81. The minimum Gasteiger partial charge on any atom is -0.507 e. The summed E-state index contributed by atoms with van der Waals surface area (Å²) in [6.07, 6.45) is 1.49. The number of fused-ring (bicyclic) bond motifs is 1. The van der Waals surface area contributed by atoms with E-state index in [0.29, 0.717) is 11.6 Å². The lowest BCUT2D eigenvalue weighted by molar-refractivity contribution is 0.473. The van der Waals surface area contributed by atoms with E-state index < -0.39 is 0 Å². The molecule has 2 heterocycles. The van der Waals surface area contributed by atoms with Crippen molar-refractivity contribution < 1.29 is 9.52 Å². The zero-order chi connectivity index (χ0) is 18.1. The Bertz CT molecular complexity index is 1130. The maximum absolute atomic E-state index is 9.60. The number of benzene rings is 2. The van der Waals surface area contributed by atoms with Crippen LogP contribution >= 0.6 is 15.9 Å². The predicted molar refractivity (Wildman–Crippen MR) is 97.3 cm³/mol. The second-order valence-electron chi connectivity index (χ2n) is 5.79. The maximum Gasteiger partial charge on any atom is 0.239 e. The van der Waals surface area contributed by atoms with Gasteiger partial charge in [-0.1, -0.05) is 22.0 Å². The summed E-state index contributed by atoms with van der Waals surface area (Å²) in [4.78, 5) is 0. The number of hydrogen-bond donors (Lipinski definition) is 2. The lowest BCUT2D eigenvalue weighted by Gasteiger charge is -2.06. The molecule has 0 amide bonds. The molecule has 0 saturated carbocycles. The van der Waals surface area contributed by atoms with Gasteiger partial charge in [-0.2, -0.15) is 10.5 Å². The van der Waals surface area contributed by atoms with Crippen LogP contribution in [0.5, 0.6) is 5.75 Å². The molecule has 2 N–H and O–H groups in total. The van der Waals surface area contributed by atoms with Crippen molar-refractivity contribution >= 4 is 26.9 Å². The quantitative estimate of drug-likeness (QED) is 0.530. The summed E-state index contributed by atoms with van der Waals surface area (Å²) in [6.45, 7) is 0.